The second-order valence-corrected chi connectivity index (χ2v) is 6.61. The van der Waals surface area contributed by atoms with Gasteiger partial charge in [-0.05, 0) is 26.7 Å². The van der Waals surface area contributed by atoms with Crippen molar-refractivity contribution in [2.75, 3.05) is 18.0 Å². The number of hydrogen-bond acceptors (Lipinski definition) is 4. The van der Waals surface area contributed by atoms with Gasteiger partial charge in [0, 0.05) is 30.3 Å². The Morgan fingerprint density at radius 2 is 2.00 bits per heavy atom. The molecule has 5 nitrogen and oxygen atoms in total. The van der Waals surface area contributed by atoms with Crippen LogP contribution < -0.4 is 4.90 Å². The molecule has 2 heterocycles. The Kier molecular flexibility index (Phi) is 3.59. The fourth-order valence-electron chi connectivity index (χ4n) is 4.11. The van der Waals surface area contributed by atoms with Crippen LogP contribution in [0.3, 0.4) is 0 Å². The number of hydrogen-bond donors (Lipinski definition) is 1. The molecule has 1 aliphatic carbocycles. The van der Waals surface area contributed by atoms with Gasteiger partial charge in [0.2, 0.25) is 0 Å². The number of anilines is 1. The standard InChI is InChI=1S/C16H23N3O2/c1-11-8-14(18-12(2)17-11)19-9-13(15(20)21)16(10-19)6-4-3-5-7-16/h8,13H,3-7,9-10H2,1-2H3,(H,20,21)/t13-/m0/s1. The fourth-order valence-corrected chi connectivity index (χ4v) is 4.11. The molecular formula is C16H23N3O2. The van der Waals surface area contributed by atoms with Gasteiger partial charge in [-0.2, -0.15) is 0 Å². The lowest BCUT2D eigenvalue weighted by atomic mass is 9.68. The largest absolute Gasteiger partial charge is 0.481 e. The van der Waals surface area contributed by atoms with Crippen LogP contribution >= 0.6 is 0 Å². The highest BCUT2D eigenvalue weighted by molar-refractivity contribution is 5.73. The van der Waals surface area contributed by atoms with Gasteiger partial charge in [-0.1, -0.05) is 19.3 Å². The molecule has 5 heteroatoms. The van der Waals surface area contributed by atoms with E-state index in [1.54, 1.807) is 0 Å². The van der Waals surface area contributed by atoms with E-state index < -0.39 is 5.97 Å². The molecule has 1 atom stereocenters. The predicted octanol–water partition coefficient (Wildman–Crippen LogP) is 2.56. The summed E-state index contributed by atoms with van der Waals surface area (Å²) in [6.07, 6.45) is 5.60. The average Bonchev–Trinajstić information content (AvgIpc) is 2.78. The second-order valence-electron chi connectivity index (χ2n) is 6.61. The first-order valence-electron chi connectivity index (χ1n) is 7.80. The third kappa shape index (κ3) is 2.61. The fraction of sp³-hybridized carbons (Fsp3) is 0.688. The summed E-state index contributed by atoms with van der Waals surface area (Å²) in [5.74, 6) is 0.713. The zero-order valence-corrected chi connectivity index (χ0v) is 12.8. The summed E-state index contributed by atoms with van der Waals surface area (Å²) in [5, 5.41) is 9.65. The van der Waals surface area contributed by atoms with Crippen LogP contribution in [0, 0.1) is 25.2 Å². The van der Waals surface area contributed by atoms with Gasteiger partial charge in [-0.15, -0.1) is 0 Å². The Labute approximate surface area is 125 Å². The summed E-state index contributed by atoms with van der Waals surface area (Å²) < 4.78 is 0. The number of rotatable bonds is 2. The highest BCUT2D eigenvalue weighted by Crippen LogP contribution is 2.48. The molecule has 1 aromatic heterocycles. The molecule has 0 bridgehead atoms. The van der Waals surface area contributed by atoms with Crippen LogP contribution in [0.15, 0.2) is 6.07 Å². The van der Waals surface area contributed by atoms with Crippen molar-refractivity contribution >= 4 is 11.8 Å². The number of carboxylic acid groups (broad SMARTS) is 1. The molecule has 1 aromatic rings. The summed E-state index contributed by atoms with van der Waals surface area (Å²) in [6, 6.07) is 1.97. The molecule has 0 radical (unpaired) electrons. The molecule has 2 fully saturated rings. The van der Waals surface area contributed by atoms with E-state index in [-0.39, 0.29) is 11.3 Å². The molecule has 2 aliphatic rings. The highest BCUT2D eigenvalue weighted by atomic mass is 16.4. The number of carbonyl (C=O) groups is 1. The molecule has 21 heavy (non-hydrogen) atoms. The minimum Gasteiger partial charge on any atom is -0.481 e. The molecule has 1 saturated carbocycles. The van der Waals surface area contributed by atoms with Crippen LogP contribution in [-0.2, 0) is 4.79 Å². The van der Waals surface area contributed by atoms with Crippen molar-refractivity contribution in [1.29, 1.82) is 0 Å². The van der Waals surface area contributed by atoms with E-state index in [0.29, 0.717) is 6.54 Å². The lowest BCUT2D eigenvalue weighted by molar-refractivity contribution is -0.145. The zero-order valence-electron chi connectivity index (χ0n) is 12.8. The third-order valence-corrected chi connectivity index (χ3v) is 5.07. The molecule has 0 aromatic carbocycles. The maximum atomic E-state index is 11.7. The van der Waals surface area contributed by atoms with Gasteiger partial charge in [0.1, 0.15) is 11.6 Å². The van der Waals surface area contributed by atoms with E-state index in [4.69, 9.17) is 0 Å². The maximum absolute atomic E-state index is 11.7. The van der Waals surface area contributed by atoms with Crippen LogP contribution in [-0.4, -0.2) is 34.1 Å². The summed E-state index contributed by atoms with van der Waals surface area (Å²) in [5.41, 5.74) is 0.880. The van der Waals surface area contributed by atoms with Gasteiger partial charge in [-0.25, -0.2) is 9.97 Å². The Balaban J connectivity index is 1.90. The molecule has 1 aliphatic heterocycles. The Hall–Kier alpha value is -1.65. The molecular weight excluding hydrogens is 266 g/mol. The molecule has 3 rings (SSSR count). The topological polar surface area (TPSA) is 66.3 Å². The quantitative estimate of drug-likeness (QED) is 0.906. The van der Waals surface area contributed by atoms with Crippen molar-refractivity contribution in [1.82, 2.24) is 9.97 Å². The Bertz CT molecular complexity index is 532. The summed E-state index contributed by atoms with van der Waals surface area (Å²) in [4.78, 5) is 22.7. The van der Waals surface area contributed by atoms with Gasteiger partial charge in [-0.3, -0.25) is 4.79 Å². The molecule has 1 saturated heterocycles. The number of aliphatic carboxylic acids is 1. The van der Waals surface area contributed by atoms with E-state index >= 15 is 0 Å². The first-order chi connectivity index (χ1) is 10.00. The summed E-state index contributed by atoms with van der Waals surface area (Å²) in [7, 11) is 0. The molecule has 0 amide bonds. The van der Waals surface area contributed by atoms with Gasteiger partial charge in [0.25, 0.3) is 0 Å². The molecule has 1 N–H and O–H groups in total. The number of aromatic nitrogens is 2. The number of carboxylic acids is 1. The zero-order chi connectivity index (χ0) is 15.0. The smallest absolute Gasteiger partial charge is 0.308 e. The van der Waals surface area contributed by atoms with Crippen LogP contribution in [0.5, 0.6) is 0 Å². The first kappa shape index (κ1) is 14.3. The maximum Gasteiger partial charge on any atom is 0.308 e. The first-order valence-corrected chi connectivity index (χ1v) is 7.80. The van der Waals surface area contributed by atoms with Crippen LogP contribution in [0.1, 0.15) is 43.6 Å². The van der Waals surface area contributed by atoms with Crippen molar-refractivity contribution in [3.63, 3.8) is 0 Å². The number of nitrogens with zero attached hydrogens (tertiary/aromatic N) is 3. The van der Waals surface area contributed by atoms with E-state index in [1.807, 2.05) is 19.9 Å². The third-order valence-electron chi connectivity index (χ3n) is 5.07. The number of aryl methyl sites for hydroxylation is 2. The van der Waals surface area contributed by atoms with E-state index in [9.17, 15) is 9.90 Å². The lowest BCUT2D eigenvalue weighted by Crippen LogP contribution is -2.36. The van der Waals surface area contributed by atoms with Crippen molar-refractivity contribution < 1.29 is 9.90 Å². The molecule has 0 unspecified atom stereocenters. The second kappa shape index (κ2) is 5.28. The van der Waals surface area contributed by atoms with Crippen LogP contribution in [0.25, 0.3) is 0 Å². The lowest BCUT2D eigenvalue weighted by Gasteiger charge is -2.36. The van der Waals surface area contributed by atoms with Gasteiger partial charge >= 0.3 is 5.97 Å². The highest BCUT2D eigenvalue weighted by Gasteiger charge is 2.50. The Morgan fingerprint density at radius 3 is 2.62 bits per heavy atom. The van der Waals surface area contributed by atoms with Crippen LogP contribution in [0.4, 0.5) is 5.82 Å². The van der Waals surface area contributed by atoms with Crippen molar-refractivity contribution in [3.8, 4) is 0 Å². The summed E-state index contributed by atoms with van der Waals surface area (Å²) in [6.45, 7) is 5.24. The molecule has 114 valence electrons. The van der Waals surface area contributed by atoms with Crippen molar-refractivity contribution in [2.45, 2.75) is 46.0 Å². The SMILES string of the molecule is Cc1cc(N2C[C@@H](C(=O)O)C3(CCCCC3)C2)nc(C)n1. The molecule has 1 spiro atoms. The van der Waals surface area contributed by atoms with E-state index in [1.165, 1.54) is 6.42 Å². The van der Waals surface area contributed by atoms with E-state index in [2.05, 4.69) is 14.9 Å². The minimum absolute atomic E-state index is 0.0587. The van der Waals surface area contributed by atoms with Gasteiger partial charge in [0.15, 0.2) is 0 Å². The Morgan fingerprint density at radius 1 is 1.29 bits per heavy atom. The normalized spacial score (nSPS) is 24.5. The average molecular weight is 289 g/mol. The van der Waals surface area contributed by atoms with Crippen molar-refractivity contribution in [3.05, 3.63) is 17.6 Å². The van der Waals surface area contributed by atoms with Crippen LogP contribution in [0.2, 0.25) is 0 Å². The summed E-state index contributed by atoms with van der Waals surface area (Å²) >= 11 is 0. The monoisotopic (exact) mass is 289 g/mol. The van der Waals surface area contributed by atoms with E-state index in [0.717, 1.165) is 49.6 Å². The van der Waals surface area contributed by atoms with Crippen molar-refractivity contribution in [2.24, 2.45) is 11.3 Å². The van der Waals surface area contributed by atoms with Gasteiger partial charge in [0.05, 0.1) is 5.92 Å². The predicted molar refractivity (Wildman–Crippen MR) is 80.4 cm³/mol. The minimum atomic E-state index is -0.651. The van der Waals surface area contributed by atoms with Gasteiger partial charge < -0.3 is 10.0 Å².